The number of nitrogens with one attached hydrogen (secondary N) is 3. The lowest BCUT2D eigenvalue weighted by molar-refractivity contribution is 0.0233. The van der Waals surface area contributed by atoms with Crippen molar-refractivity contribution in [2.24, 2.45) is 5.92 Å². The summed E-state index contributed by atoms with van der Waals surface area (Å²) in [4.78, 5) is 0. The van der Waals surface area contributed by atoms with Crippen molar-refractivity contribution in [3.8, 4) is 0 Å². The maximum atomic E-state index is 9.43. The Morgan fingerprint density at radius 2 is 1.71 bits per heavy atom. The average Bonchev–Trinajstić information content (AvgIpc) is 2.18. The first kappa shape index (κ1) is 10.6. The van der Waals surface area contributed by atoms with Gasteiger partial charge in [-0.2, -0.15) is 0 Å². The molecule has 4 N–H and O–H groups in total. The van der Waals surface area contributed by atoms with Gasteiger partial charge in [-0.05, 0) is 18.8 Å². The van der Waals surface area contributed by atoms with Crippen LogP contribution >= 0.6 is 11.6 Å². The maximum absolute atomic E-state index is 9.43. The van der Waals surface area contributed by atoms with Gasteiger partial charge in [-0.25, -0.2) is 0 Å². The second-order valence-electron chi connectivity index (χ2n) is 4.14. The molecule has 0 aromatic heterocycles. The third-order valence-electron chi connectivity index (χ3n) is 3.09. The number of hydrogen-bond acceptors (Lipinski definition) is 4. The van der Waals surface area contributed by atoms with Crippen molar-refractivity contribution < 1.29 is 5.11 Å². The van der Waals surface area contributed by atoms with Crippen LogP contribution in [0.4, 0.5) is 0 Å². The monoisotopic (exact) mass is 219 g/mol. The Labute approximate surface area is 89.4 Å². The van der Waals surface area contributed by atoms with E-state index in [1.807, 2.05) is 0 Å². The molecule has 2 fully saturated rings. The van der Waals surface area contributed by atoms with Crippen LogP contribution in [0, 0.1) is 5.92 Å². The van der Waals surface area contributed by atoms with Crippen LogP contribution in [0.5, 0.6) is 0 Å². The van der Waals surface area contributed by atoms with Crippen molar-refractivity contribution in [1.29, 1.82) is 0 Å². The summed E-state index contributed by atoms with van der Waals surface area (Å²) in [6, 6.07) is 0. The Kier molecular flexibility index (Phi) is 3.62. The maximum Gasteiger partial charge on any atom is 0.163 e. The van der Waals surface area contributed by atoms with Gasteiger partial charge in [0.1, 0.15) is 5.62 Å². The van der Waals surface area contributed by atoms with Crippen LogP contribution in [0.2, 0.25) is 0 Å². The molecule has 1 saturated heterocycles. The van der Waals surface area contributed by atoms with E-state index >= 15 is 0 Å². The minimum atomic E-state index is -0.689. The molecule has 0 radical (unpaired) electrons. The van der Waals surface area contributed by atoms with Gasteiger partial charge in [-0.15, -0.1) is 0 Å². The van der Waals surface area contributed by atoms with Gasteiger partial charge in [0, 0.05) is 0 Å². The smallest absolute Gasteiger partial charge is 0.163 e. The van der Waals surface area contributed by atoms with Gasteiger partial charge >= 0.3 is 0 Å². The van der Waals surface area contributed by atoms with E-state index in [0.717, 1.165) is 0 Å². The van der Waals surface area contributed by atoms with E-state index in [1.54, 1.807) is 0 Å². The van der Waals surface area contributed by atoms with Crippen LogP contribution < -0.4 is 16.0 Å². The minimum absolute atomic E-state index is 0.147. The number of halogens is 1. The molecule has 3 atom stereocenters. The third kappa shape index (κ3) is 2.58. The molecule has 1 aliphatic carbocycles. The molecule has 0 aromatic rings. The first-order valence-electron chi connectivity index (χ1n) is 5.36. The number of aliphatic hydroxyl groups excluding tert-OH is 1. The van der Waals surface area contributed by atoms with Crippen LogP contribution in [-0.4, -0.2) is 23.2 Å². The predicted octanol–water partition coefficient (Wildman–Crippen LogP) is 0.473. The molecule has 0 aromatic carbocycles. The molecule has 1 heterocycles. The van der Waals surface area contributed by atoms with E-state index in [4.69, 9.17) is 11.6 Å². The van der Waals surface area contributed by atoms with Gasteiger partial charge in [0.05, 0.1) is 6.17 Å². The number of hydrogen-bond donors (Lipinski definition) is 4. The molecule has 0 amide bonds. The number of alkyl halides is 1. The highest BCUT2D eigenvalue weighted by molar-refractivity contribution is 6.20. The van der Waals surface area contributed by atoms with Crippen molar-refractivity contribution in [2.45, 2.75) is 50.2 Å². The Balaban J connectivity index is 1.88. The largest absolute Gasteiger partial charge is 0.365 e. The standard InChI is InChI=1S/C9H18ClN3O/c10-8-11-7(12-9(14)13-8)6-4-2-1-3-5-6/h6-9,11-14H,1-5H2. The van der Waals surface area contributed by atoms with Crippen LogP contribution in [0.1, 0.15) is 32.1 Å². The van der Waals surface area contributed by atoms with Crippen LogP contribution in [-0.2, 0) is 0 Å². The molecule has 2 rings (SSSR count). The minimum Gasteiger partial charge on any atom is -0.365 e. The zero-order valence-electron chi connectivity index (χ0n) is 8.17. The summed E-state index contributed by atoms with van der Waals surface area (Å²) in [5, 5.41) is 18.4. The van der Waals surface area contributed by atoms with Crippen molar-refractivity contribution >= 4 is 11.6 Å². The summed E-state index contributed by atoms with van der Waals surface area (Å²) in [5.74, 6) is 0.599. The lowest BCUT2D eigenvalue weighted by atomic mass is 9.87. The van der Waals surface area contributed by atoms with Gasteiger partial charge in [0.25, 0.3) is 0 Å². The van der Waals surface area contributed by atoms with E-state index in [0.29, 0.717) is 5.92 Å². The summed E-state index contributed by atoms with van der Waals surface area (Å²) in [6.45, 7) is 0. The van der Waals surface area contributed by atoms with E-state index in [1.165, 1.54) is 32.1 Å². The lowest BCUT2D eigenvalue weighted by Gasteiger charge is -2.39. The molecule has 5 heteroatoms. The van der Waals surface area contributed by atoms with Crippen LogP contribution in [0.15, 0.2) is 0 Å². The summed E-state index contributed by atoms with van der Waals surface area (Å²) in [6.07, 6.45) is 5.83. The predicted molar refractivity (Wildman–Crippen MR) is 55.4 cm³/mol. The van der Waals surface area contributed by atoms with Crippen molar-refractivity contribution in [3.05, 3.63) is 0 Å². The van der Waals surface area contributed by atoms with Crippen molar-refractivity contribution in [1.82, 2.24) is 16.0 Å². The first-order valence-corrected chi connectivity index (χ1v) is 5.79. The van der Waals surface area contributed by atoms with Gasteiger partial charge in [0.15, 0.2) is 6.35 Å². The topological polar surface area (TPSA) is 56.3 Å². The number of aliphatic hydroxyl groups is 1. The van der Waals surface area contributed by atoms with Gasteiger partial charge in [-0.1, -0.05) is 30.9 Å². The molecule has 1 aliphatic heterocycles. The molecule has 82 valence electrons. The highest BCUT2D eigenvalue weighted by Crippen LogP contribution is 2.26. The molecular formula is C9H18ClN3O. The molecular weight excluding hydrogens is 202 g/mol. The van der Waals surface area contributed by atoms with Gasteiger partial charge in [-0.3, -0.25) is 16.0 Å². The van der Waals surface area contributed by atoms with E-state index in [2.05, 4.69) is 16.0 Å². The lowest BCUT2D eigenvalue weighted by Crippen LogP contribution is -2.67. The normalized spacial score (nSPS) is 41.1. The quantitative estimate of drug-likeness (QED) is 0.383. The van der Waals surface area contributed by atoms with Crippen molar-refractivity contribution in [3.63, 3.8) is 0 Å². The molecule has 4 nitrogen and oxygen atoms in total. The van der Waals surface area contributed by atoms with Crippen LogP contribution in [0.3, 0.4) is 0 Å². The Morgan fingerprint density at radius 3 is 2.36 bits per heavy atom. The Morgan fingerprint density at radius 1 is 1.00 bits per heavy atom. The summed E-state index contributed by atoms with van der Waals surface area (Å²) in [5.41, 5.74) is -0.335. The first-order chi connectivity index (χ1) is 6.75. The second kappa shape index (κ2) is 4.77. The molecule has 1 saturated carbocycles. The summed E-state index contributed by atoms with van der Waals surface area (Å²) in [7, 11) is 0. The van der Waals surface area contributed by atoms with Gasteiger partial charge < -0.3 is 5.11 Å². The molecule has 2 aliphatic rings. The van der Waals surface area contributed by atoms with Crippen LogP contribution in [0.25, 0.3) is 0 Å². The average molecular weight is 220 g/mol. The summed E-state index contributed by atoms with van der Waals surface area (Å²) < 4.78 is 0. The molecule has 3 unspecified atom stereocenters. The highest BCUT2D eigenvalue weighted by atomic mass is 35.5. The Bertz CT molecular complexity index is 177. The van der Waals surface area contributed by atoms with Crippen molar-refractivity contribution in [2.75, 3.05) is 0 Å². The Hall–Kier alpha value is 0.130. The fourth-order valence-corrected chi connectivity index (χ4v) is 2.61. The molecule has 0 spiro atoms. The zero-order valence-corrected chi connectivity index (χ0v) is 8.93. The highest BCUT2D eigenvalue weighted by Gasteiger charge is 2.30. The van der Waals surface area contributed by atoms with E-state index in [-0.39, 0.29) is 11.8 Å². The fourth-order valence-electron chi connectivity index (χ4n) is 2.35. The fraction of sp³-hybridized carbons (Fsp3) is 1.00. The zero-order chi connectivity index (χ0) is 9.97. The third-order valence-corrected chi connectivity index (χ3v) is 3.34. The molecule has 0 bridgehead atoms. The SMILES string of the molecule is OC1NC(Cl)NC(C2CCCCC2)N1. The second-order valence-corrected chi connectivity index (χ2v) is 4.58. The summed E-state index contributed by atoms with van der Waals surface area (Å²) >= 11 is 5.90. The number of rotatable bonds is 1. The van der Waals surface area contributed by atoms with E-state index in [9.17, 15) is 5.11 Å². The van der Waals surface area contributed by atoms with E-state index < -0.39 is 6.35 Å². The van der Waals surface area contributed by atoms with Gasteiger partial charge in [0.2, 0.25) is 0 Å². The molecule has 14 heavy (non-hydrogen) atoms.